The van der Waals surface area contributed by atoms with Gasteiger partial charge in [0.1, 0.15) is 18.3 Å². The number of sulfonamides is 1. The average Bonchev–Trinajstić information content (AvgIpc) is 3.11. The van der Waals surface area contributed by atoms with Crippen molar-refractivity contribution >= 4 is 27.5 Å². The van der Waals surface area contributed by atoms with Crippen LogP contribution in [0, 0.1) is 13.8 Å². The number of amides is 2. The second-order valence-corrected chi connectivity index (χ2v) is 14.4. The van der Waals surface area contributed by atoms with Gasteiger partial charge in [0.05, 0.1) is 17.7 Å². The number of ether oxygens (including phenoxy) is 1. The van der Waals surface area contributed by atoms with Crippen LogP contribution in [0.3, 0.4) is 0 Å². The van der Waals surface area contributed by atoms with Gasteiger partial charge in [0.25, 0.3) is 10.0 Å². The number of anilines is 1. The molecular weight excluding hydrogens is 623 g/mol. The maximum Gasteiger partial charge on any atom is 0.264 e. The SMILES string of the molecule is COc1cccc(CN(C(=O)CN(c2cc(C)ccc2C)S(=O)(=O)c2ccccc2)[C@H](Cc2ccccc2)C(=O)NC2CCCCC2)c1. The highest BCUT2D eigenvalue weighted by molar-refractivity contribution is 7.92. The van der Waals surface area contributed by atoms with Crippen LogP contribution >= 0.6 is 0 Å². The average molecular weight is 668 g/mol. The Balaban J connectivity index is 1.59. The highest BCUT2D eigenvalue weighted by atomic mass is 32.2. The summed E-state index contributed by atoms with van der Waals surface area (Å²) >= 11 is 0. The Morgan fingerprint density at radius 1 is 0.833 bits per heavy atom. The zero-order valence-electron chi connectivity index (χ0n) is 28.0. The smallest absolute Gasteiger partial charge is 0.264 e. The minimum atomic E-state index is -4.17. The van der Waals surface area contributed by atoms with Gasteiger partial charge in [-0.15, -0.1) is 0 Å². The van der Waals surface area contributed by atoms with E-state index in [1.807, 2.05) is 80.6 Å². The van der Waals surface area contributed by atoms with Gasteiger partial charge in [-0.2, -0.15) is 0 Å². The Labute approximate surface area is 284 Å². The summed E-state index contributed by atoms with van der Waals surface area (Å²) in [5, 5.41) is 3.25. The molecule has 0 saturated heterocycles. The third kappa shape index (κ3) is 8.63. The first-order chi connectivity index (χ1) is 23.2. The molecule has 1 saturated carbocycles. The molecule has 0 heterocycles. The van der Waals surface area contributed by atoms with Crippen molar-refractivity contribution < 1.29 is 22.7 Å². The van der Waals surface area contributed by atoms with Crippen LogP contribution in [-0.4, -0.2) is 50.9 Å². The fraction of sp³-hybridized carbons (Fsp3) is 0.333. The van der Waals surface area contributed by atoms with E-state index in [-0.39, 0.29) is 29.8 Å². The number of hydrogen-bond donors (Lipinski definition) is 1. The van der Waals surface area contributed by atoms with Crippen molar-refractivity contribution in [1.29, 1.82) is 0 Å². The van der Waals surface area contributed by atoms with Gasteiger partial charge in [0, 0.05) is 19.0 Å². The number of aryl methyl sites for hydroxylation is 2. The molecule has 4 aromatic carbocycles. The minimum Gasteiger partial charge on any atom is -0.497 e. The van der Waals surface area contributed by atoms with Crippen LogP contribution in [0.1, 0.15) is 54.4 Å². The lowest BCUT2D eigenvalue weighted by Crippen LogP contribution is -2.55. The van der Waals surface area contributed by atoms with E-state index in [9.17, 15) is 18.0 Å². The van der Waals surface area contributed by atoms with Gasteiger partial charge in [0.2, 0.25) is 11.8 Å². The van der Waals surface area contributed by atoms with E-state index in [4.69, 9.17) is 4.74 Å². The summed E-state index contributed by atoms with van der Waals surface area (Å²) in [5.41, 5.74) is 3.64. The fourth-order valence-electron chi connectivity index (χ4n) is 6.29. The lowest BCUT2D eigenvalue weighted by Gasteiger charge is -2.35. The fourth-order valence-corrected chi connectivity index (χ4v) is 7.78. The van der Waals surface area contributed by atoms with Crippen LogP contribution in [0.2, 0.25) is 0 Å². The summed E-state index contributed by atoms with van der Waals surface area (Å²) in [6.07, 6.45) is 5.28. The monoisotopic (exact) mass is 667 g/mol. The Kier molecular flexibility index (Phi) is 11.5. The summed E-state index contributed by atoms with van der Waals surface area (Å²) in [7, 11) is -2.59. The van der Waals surface area contributed by atoms with E-state index >= 15 is 0 Å². The lowest BCUT2D eigenvalue weighted by atomic mass is 9.94. The van der Waals surface area contributed by atoms with E-state index in [2.05, 4.69) is 5.32 Å². The van der Waals surface area contributed by atoms with Gasteiger partial charge < -0.3 is 15.0 Å². The van der Waals surface area contributed by atoms with Crippen molar-refractivity contribution in [3.63, 3.8) is 0 Å². The van der Waals surface area contributed by atoms with Crippen LogP contribution in [0.4, 0.5) is 5.69 Å². The van der Waals surface area contributed by atoms with Crippen LogP contribution < -0.4 is 14.4 Å². The largest absolute Gasteiger partial charge is 0.497 e. The van der Waals surface area contributed by atoms with E-state index in [0.717, 1.165) is 48.8 Å². The molecule has 0 spiro atoms. The van der Waals surface area contributed by atoms with Gasteiger partial charge >= 0.3 is 0 Å². The minimum absolute atomic E-state index is 0.0307. The van der Waals surface area contributed by atoms with Crippen molar-refractivity contribution in [1.82, 2.24) is 10.2 Å². The van der Waals surface area contributed by atoms with Crippen LogP contribution in [0.15, 0.2) is 108 Å². The van der Waals surface area contributed by atoms with Crippen molar-refractivity contribution in [3.8, 4) is 5.75 Å². The zero-order chi connectivity index (χ0) is 34.1. The molecule has 252 valence electrons. The number of benzene rings is 4. The van der Waals surface area contributed by atoms with Crippen molar-refractivity contribution in [2.45, 2.75) is 75.9 Å². The molecule has 1 fully saturated rings. The van der Waals surface area contributed by atoms with Gasteiger partial charge in [0.15, 0.2) is 0 Å². The summed E-state index contributed by atoms with van der Waals surface area (Å²) in [5.74, 6) is -0.112. The van der Waals surface area contributed by atoms with Crippen molar-refractivity contribution in [2.24, 2.45) is 0 Å². The summed E-state index contributed by atoms with van der Waals surface area (Å²) in [4.78, 5) is 30.7. The molecule has 0 bridgehead atoms. The number of rotatable bonds is 13. The van der Waals surface area contributed by atoms with Gasteiger partial charge in [-0.25, -0.2) is 8.42 Å². The first-order valence-corrected chi connectivity index (χ1v) is 18.0. The number of nitrogens with one attached hydrogen (secondary N) is 1. The highest BCUT2D eigenvalue weighted by Gasteiger charge is 2.36. The van der Waals surface area contributed by atoms with Crippen molar-refractivity contribution in [2.75, 3.05) is 18.0 Å². The molecule has 4 aromatic rings. The number of hydrogen-bond acceptors (Lipinski definition) is 5. The number of carbonyl (C=O) groups excluding carboxylic acids is 2. The zero-order valence-corrected chi connectivity index (χ0v) is 28.8. The molecule has 5 rings (SSSR count). The second kappa shape index (κ2) is 16.0. The lowest BCUT2D eigenvalue weighted by molar-refractivity contribution is -0.140. The number of nitrogens with zero attached hydrogens (tertiary/aromatic N) is 2. The summed E-state index contributed by atoms with van der Waals surface area (Å²) in [6.45, 7) is 3.31. The second-order valence-electron chi connectivity index (χ2n) is 12.5. The third-order valence-corrected chi connectivity index (χ3v) is 10.7. The molecule has 9 heteroatoms. The predicted octanol–water partition coefficient (Wildman–Crippen LogP) is 6.60. The molecule has 1 atom stereocenters. The molecule has 0 aromatic heterocycles. The summed E-state index contributed by atoms with van der Waals surface area (Å²) < 4.78 is 35.3. The normalized spacial score (nSPS) is 14.1. The van der Waals surface area contributed by atoms with E-state index in [1.165, 1.54) is 16.4 Å². The topological polar surface area (TPSA) is 96.0 Å². The molecular formula is C39H45N3O5S. The standard InChI is InChI=1S/C39H45N3O5S/c1-29-22-23-30(2)36(24-29)42(48(45,46)35-20-11-6-12-21-35)28-38(43)41(27-32-16-13-19-34(25-32)47-3)37(26-31-14-7-4-8-15-31)39(44)40-33-17-9-5-10-18-33/h4,6-8,11-16,19-25,33,37H,5,9-10,17-18,26-28H2,1-3H3,(H,40,44)/t37-/m1/s1. The Morgan fingerprint density at radius 2 is 1.50 bits per heavy atom. The van der Waals surface area contributed by atoms with Crippen molar-refractivity contribution in [3.05, 3.63) is 125 Å². The number of carbonyl (C=O) groups is 2. The molecule has 1 aliphatic rings. The Bertz CT molecular complexity index is 1790. The molecule has 0 aliphatic heterocycles. The van der Waals surface area contributed by atoms with E-state index in [0.29, 0.717) is 17.0 Å². The van der Waals surface area contributed by atoms with Crippen LogP contribution in [0.5, 0.6) is 5.75 Å². The van der Waals surface area contributed by atoms with E-state index in [1.54, 1.807) is 36.3 Å². The highest BCUT2D eigenvalue weighted by Crippen LogP contribution is 2.29. The first-order valence-electron chi connectivity index (χ1n) is 16.6. The van der Waals surface area contributed by atoms with Gasteiger partial charge in [-0.3, -0.25) is 13.9 Å². The number of methoxy groups -OCH3 is 1. The molecule has 0 radical (unpaired) electrons. The van der Waals surface area contributed by atoms with E-state index < -0.39 is 28.5 Å². The first kappa shape index (κ1) is 34.7. The molecule has 1 N–H and O–H groups in total. The van der Waals surface area contributed by atoms with Crippen LogP contribution in [-0.2, 0) is 32.6 Å². The van der Waals surface area contributed by atoms with Gasteiger partial charge in [-0.1, -0.05) is 92.1 Å². The maximum atomic E-state index is 14.8. The molecule has 8 nitrogen and oxygen atoms in total. The quantitative estimate of drug-likeness (QED) is 0.174. The van der Waals surface area contributed by atoms with Gasteiger partial charge in [-0.05, 0) is 79.3 Å². The Hall–Kier alpha value is -4.63. The third-order valence-electron chi connectivity index (χ3n) is 8.95. The maximum absolute atomic E-state index is 14.8. The summed E-state index contributed by atoms with van der Waals surface area (Å²) in [6, 6.07) is 29.8. The molecule has 0 unspecified atom stereocenters. The molecule has 48 heavy (non-hydrogen) atoms. The Morgan fingerprint density at radius 3 is 2.19 bits per heavy atom. The predicted molar refractivity (Wildman–Crippen MR) is 189 cm³/mol. The van der Waals surface area contributed by atoms with Crippen LogP contribution in [0.25, 0.3) is 0 Å². The molecule has 1 aliphatic carbocycles. The molecule has 2 amide bonds.